The van der Waals surface area contributed by atoms with Crippen molar-refractivity contribution >= 4 is 75.0 Å². The average molecular weight is 520 g/mol. The Morgan fingerprint density at radius 1 is 0.971 bits per heavy atom. The number of thiocarbonyl (C=S) groups is 1. The van der Waals surface area contributed by atoms with Gasteiger partial charge in [-0.05, 0) is 66.7 Å². The van der Waals surface area contributed by atoms with E-state index in [0.29, 0.717) is 27.8 Å². The minimum atomic E-state index is -0.537. The molecule has 2 amide bonds. The van der Waals surface area contributed by atoms with E-state index in [2.05, 4.69) is 9.88 Å². The molecule has 0 aliphatic carbocycles. The summed E-state index contributed by atoms with van der Waals surface area (Å²) in [5, 5.41) is 4.77. The summed E-state index contributed by atoms with van der Waals surface area (Å²) in [6, 6.07) is 20.7. The lowest BCUT2D eigenvalue weighted by atomic mass is 10.1. The van der Waals surface area contributed by atoms with Crippen LogP contribution in [0.5, 0.6) is 0 Å². The lowest BCUT2D eigenvalue weighted by Crippen LogP contribution is -2.54. The normalized spacial score (nSPS) is 15.2. The Morgan fingerprint density at radius 2 is 1.71 bits per heavy atom. The van der Waals surface area contributed by atoms with Gasteiger partial charge in [0.15, 0.2) is 5.11 Å². The van der Waals surface area contributed by atoms with E-state index >= 15 is 0 Å². The molecule has 3 aromatic carbocycles. The summed E-state index contributed by atoms with van der Waals surface area (Å²) in [6.07, 6.45) is 3.56. The number of hydrogen-bond acceptors (Lipinski definition) is 3. The standard InChI is InChI=1S/C27H19Cl2N3O2S/c1-16-22(29)6-4-8-23(16)32-26(34)21(25(33)30-27(32)35)13-18-15-31(24-7-3-2-5-20(18)24)14-17-9-11-19(28)12-10-17/h2-13,15H,14H2,1H3,(H,30,33,35)/b21-13+. The number of nitrogens with one attached hydrogen (secondary N) is 1. The van der Waals surface area contributed by atoms with E-state index in [1.807, 2.05) is 54.7 Å². The molecule has 0 unspecified atom stereocenters. The number of carbonyl (C=O) groups excluding carboxylic acids is 2. The van der Waals surface area contributed by atoms with Gasteiger partial charge in [-0.3, -0.25) is 19.8 Å². The molecule has 0 atom stereocenters. The highest BCUT2D eigenvalue weighted by molar-refractivity contribution is 7.80. The van der Waals surface area contributed by atoms with Gasteiger partial charge in [-0.25, -0.2) is 0 Å². The highest BCUT2D eigenvalue weighted by Gasteiger charge is 2.35. The van der Waals surface area contributed by atoms with Crippen LogP contribution in [0.1, 0.15) is 16.7 Å². The second kappa shape index (κ2) is 9.30. The Labute approximate surface area is 217 Å². The van der Waals surface area contributed by atoms with E-state index in [1.165, 1.54) is 4.90 Å². The third-order valence-electron chi connectivity index (χ3n) is 5.97. The Morgan fingerprint density at radius 3 is 2.49 bits per heavy atom. The van der Waals surface area contributed by atoms with Crippen molar-refractivity contribution in [2.45, 2.75) is 13.5 Å². The molecule has 1 N–H and O–H groups in total. The average Bonchev–Trinajstić information content (AvgIpc) is 3.18. The molecule has 0 saturated carbocycles. The van der Waals surface area contributed by atoms with Crippen LogP contribution in [0.2, 0.25) is 10.0 Å². The van der Waals surface area contributed by atoms with Crippen molar-refractivity contribution in [3.05, 3.63) is 105 Å². The maximum absolute atomic E-state index is 13.5. The summed E-state index contributed by atoms with van der Waals surface area (Å²) in [7, 11) is 0. The Hall–Kier alpha value is -3.45. The zero-order chi connectivity index (χ0) is 24.7. The zero-order valence-corrected chi connectivity index (χ0v) is 20.9. The smallest absolute Gasteiger partial charge is 0.270 e. The van der Waals surface area contributed by atoms with Crippen LogP contribution in [0.3, 0.4) is 0 Å². The molecule has 0 spiro atoms. The lowest BCUT2D eigenvalue weighted by molar-refractivity contribution is -0.122. The van der Waals surface area contributed by atoms with Gasteiger partial charge in [-0.2, -0.15) is 0 Å². The minimum absolute atomic E-state index is 0.00706. The Kier molecular flexibility index (Phi) is 6.19. The van der Waals surface area contributed by atoms with Crippen molar-refractivity contribution in [2.24, 2.45) is 0 Å². The number of nitrogens with zero attached hydrogens (tertiary/aromatic N) is 2. The summed E-state index contributed by atoms with van der Waals surface area (Å²) in [6.45, 7) is 2.41. The third-order valence-corrected chi connectivity index (χ3v) is 6.91. The van der Waals surface area contributed by atoms with Crippen molar-refractivity contribution in [3.63, 3.8) is 0 Å². The number of fused-ring (bicyclic) bond motifs is 1. The summed E-state index contributed by atoms with van der Waals surface area (Å²) < 4.78 is 2.08. The Balaban J connectivity index is 1.58. The van der Waals surface area contributed by atoms with Crippen molar-refractivity contribution in [1.29, 1.82) is 0 Å². The number of para-hydroxylation sites is 1. The number of rotatable bonds is 4. The quantitative estimate of drug-likeness (QED) is 0.200. The first-order chi connectivity index (χ1) is 16.8. The highest BCUT2D eigenvalue weighted by atomic mass is 35.5. The molecule has 5 rings (SSSR count). The van der Waals surface area contributed by atoms with E-state index in [-0.39, 0.29) is 10.7 Å². The molecule has 35 heavy (non-hydrogen) atoms. The monoisotopic (exact) mass is 519 g/mol. The van der Waals surface area contributed by atoms with Crippen LogP contribution in [0, 0.1) is 6.92 Å². The second-order valence-corrected chi connectivity index (χ2v) is 9.43. The molecule has 1 saturated heterocycles. The maximum Gasteiger partial charge on any atom is 0.270 e. The molecule has 0 bridgehead atoms. The van der Waals surface area contributed by atoms with Crippen LogP contribution in [0.25, 0.3) is 17.0 Å². The number of halogens is 2. The van der Waals surface area contributed by atoms with E-state index < -0.39 is 11.8 Å². The fraction of sp³-hybridized carbons (Fsp3) is 0.0741. The van der Waals surface area contributed by atoms with Crippen LogP contribution in [0.4, 0.5) is 5.69 Å². The molecular weight excluding hydrogens is 501 g/mol. The number of anilines is 1. The van der Waals surface area contributed by atoms with Crippen molar-refractivity contribution in [1.82, 2.24) is 9.88 Å². The van der Waals surface area contributed by atoms with E-state index in [4.69, 9.17) is 35.4 Å². The molecule has 1 aliphatic rings. The molecule has 2 heterocycles. The van der Waals surface area contributed by atoms with Gasteiger partial charge in [-0.1, -0.05) is 59.6 Å². The van der Waals surface area contributed by atoms with Gasteiger partial charge in [0.2, 0.25) is 0 Å². The van der Waals surface area contributed by atoms with Crippen LogP contribution >= 0.6 is 35.4 Å². The number of hydrogen-bond donors (Lipinski definition) is 1. The molecule has 4 aromatic rings. The topological polar surface area (TPSA) is 54.3 Å². The summed E-state index contributed by atoms with van der Waals surface area (Å²) in [5.74, 6) is -1.04. The molecule has 1 aliphatic heterocycles. The van der Waals surface area contributed by atoms with Gasteiger partial charge in [0, 0.05) is 39.3 Å². The molecule has 5 nitrogen and oxygen atoms in total. The predicted molar refractivity (Wildman–Crippen MR) is 145 cm³/mol. The molecular formula is C27H19Cl2N3O2S. The molecule has 0 radical (unpaired) electrons. The summed E-state index contributed by atoms with van der Waals surface area (Å²) in [4.78, 5) is 27.7. The van der Waals surface area contributed by atoms with E-state index in [9.17, 15) is 9.59 Å². The predicted octanol–water partition coefficient (Wildman–Crippen LogP) is 6.14. The number of benzene rings is 3. The molecule has 174 valence electrons. The molecule has 1 fully saturated rings. The zero-order valence-electron chi connectivity index (χ0n) is 18.6. The van der Waals surface area contributed by atoms with Crippen LogP contribution in [0.15, 0.2) is 78.5 Å². The van der Waals surface area contributed by atoms with Crippen molar-refractivity contribution < 1.29 is 9.59 Å². The van der Waals surface area contributed by atoms with Gasteiger partial charge in [0.05, 0.1) is 5.69 Å². The summed E-state index contributed by atoms with van der Waals surface area (Å²) >= 11 is 17.6. The third kappa shape index (κ3) is 4.36. The Bertz CT molecular complexity index is 1540. The number of carbonyl (C=O) groups is 2. The van der Waals surface area contributed by atoms with Crippen LogP contribution < -0.4 is 10.2 Å². The number of aromatic nitrogens is 1. The summed E-state index contributed by atoms with van der Waals surface area (Å²) in [5.41, 5.74) is 4.03. The van der Waals surface area contributed by atoms with Gasteiger partial charge >= 0.3 is 0 Å². The fourth-order valence-electron chi connectivity index (χ4n) is 4.18. The highest BCUT2D eigenvalue weighted by Crippen LogP contribution is 2.31. The molecule has 1 aromatic heterocycles. The first kappa shape index (κ1) is 23.3. The van der Waals surface area contributed by atoms with Crippen molar-refractivity contribution in [2.75, 3.05) is 4.90 Å². The first-order valence-corrected chi connectivity index (χ1v) is 12.0. The minimum Gasteiger partial charge on any atom is -0.342 e. The number of amides is 2. The van der Waals surface area contributed by atoms with Gasteiger partial charge in [0.25, 0.3) is 11.8 Å². The van der Waals surface area contributed by atoms with E-state index in [1.54, 1.807) is 31.2 Å². The van der Waals surface area contributed by atoms with Gasteiger partial charge in [0.1, 0.15) is 5.57 Å². The maximum atomic E-state index is 13.5. The largest absolute Gasteiger partial charge is 0.342 e. The van der Waals surface area contributed by atoms with Crippen molar-refractivity contribution in [3.8, 4) is 0 Å². The SMILES string of the molecule is Cc1c(Cl)cccc1N1C(=O)/C(=C/c2cn(Cc3ccc(Cl)cc3)c3ccccc23)C(=O)NC1=S. The van der Waals surface area contributed by atoms with Gasteiger partial charge < -0.3 is 4.57 Å². The van der Waals surface area contributed by atoms with Crippen LogP contribution in [-0.4, -0.2) is 21.5 Å². The van der Waals surface area contributed by atoms with E-state index in [0.717, 1.165) is 22.0 Å². The van der Waals surface area contributed by atoms with Gasteiger partial charge in [-0.15, -0.1) is 0 Å². The fourth-order valence-corrected chi connectivity index (χ4v) is 4.75. The molecule has 8 heteroatoms. The lowest BCUT2D eigenvalue weighted by Gasteiger charge is -2.30. The second-order valence-electron chi connectivity index (χ2n) is 8.20. The van der Waals surface area contributed by atoms with Crippen LogP contribution in [-0.2, 0) is 16.1 Å². The first-order valence-electron chi connectivity index (χ1n) is 10.8.